The lowest BCUT2D eigenvalue weighted by atomic mass is 10.1. The van der Waals surface area contributed by atoms with E-state index in [4.69, 9.17) is 4.74 Å². The largest absolute Gasteiger partial charge is 0.494 e. The van der Waals surface area contributed by atoms with Crippen molar-refractivity contribution in [3.05, 3.63) is 65.2 Å². The molecule has 0 heterocycles. The molecule has 0 aliphatic carbocycles. The monoisotopic (exact) mass is 291 g/mol. The molecule has 0 saturated carbocycles. The van der Waals surface area contributed by atoms with Gasteiger partial charge in [-0.1, -0.05) is 18.2 Å². The maximum Gasteiger partial charge on any atom is 0.254 e. The third-order valence-corrected chi connectivity index (χ3v) is 2.88. The topological polar surface area (TPSA) is 38.3 Å². The van der Waals surface area contributed by atoms with Gasteiger partial charge >= 0.3 is 0 Å². The molecule has 5 heteroatoms. The van der Waals surface area contributed by atoms with Gasteiger partial charge in [-0.3, -0.25) is 4.79 Å². The first kappa shape index (κ1) is 15.0. The number of benzene rings is 2. The molecule has 0 unspecified atom stereocenters. The van der Waals surface area contributed by atoms with Crippen molar-refractivity contribution in [3.63, 3.8) is 0 Å². The zero-order chi connectivity index (χ0) is 15.2. The molecule has 1 N–H and O–H groups in total. The molecule has 0 spiro atoms. The van der Waals surface area contributed by atoms with Crippen molar-refractivity contribution in [2.24, 2.45) is 0 Å². The average Bonchev–Trinajstić information content (AvgIpc) is 2.49. The number of amides is 1. The summed E-state index contributed by atoms with van der Waals surface area (Å²) in [6.45, 7) is 2.53. The molecule has 110 valence electrons. The zero-order valence-corrected chi connectivity index (χ0v) is 11.5. The number of nitrogens with one attached hydrogen (secondary N) is 1. The molecule has 0 aliphatic rings. The maximum absolute atomic E-state index is 13.5. The molecule has 0 saturated heterocycles. The molecule has 1 amide bonds. The van der Waals surface area contributed by atoms with Crippen LogP contribution in [-0.4, -0.2) is 12.5 Å². The van der Waals surface area contributed by atoms with E-state index < -0.39 is 17.5 Å². The summed E-state index contributed by atoms with van der Waals surface area (Å²) >= 11 is 0. The van der Waals surface area contributed by atoms with Crippen molar-refractivity contribution >= 4 is 5.91 Å². The quantitative estimate of drug-likeness (QED) is 0.918. The predicted molar refractivity (Wildman–Crippen MR) is 75.1 cm³/mol. The highest BCUT2D eigenvalue weighted by molar-refractivity contribution is 5.94. The smallest absolute Gasteiger partial charge is 0.254 e. The van der Waals surface area contributed by atoms with Gasteiger partial charge in [-0.2, -0.15) is 0 Å². The minimum atomic E-state index is -0.757. The van der Waals surface area contributed by atoms with Gasteiger partial charge in [0.1, 0.15) is 17.4 Å². The Morgan fingerprint density at radius 3 is 2.71 bits per heavy atom. The summed E-state index contributed by atoms with van der Waals surface area (Å²) in [6, 6.07) is 9.99. The molecule has 3 nitrogen and oxygen atoms in total. The van der Waals surface area contributed by atoms with Gasteiger partial charge in [0, 0.05) is 12.1 Å². The first-order chi connectivity index (χ1) is 10.1. The van der Waals surface area contributed by atoms with Gasteiger partial charge in [0.2, 0.25) is 0 Å². The van der Waals surface area contributed by atoms with E-state index in [1.165, 1.54) is 0 Å². The van der Waals surface area contributed by atoms with Crippen LogP contribution in [0.2, 0.25) is 0 Å². The Labute approximate surface area is 121 Å². The van der Waals surface area contributed by atoms with E-state index in [-0.39, 0.29) is 12.1 Å². The number of carbonyl (C=O) groups is 1. The molecule has 0 aliphatic heterocycles. The SMILES string of the molecule is CCOc1ccccc1CNC(=O)c1cc(F)ccc1F. The van der Waals surface area contributed by atoms with Crippen molar-refractivity contribution in [2.75, 3.05) is 6.61 Å². The van der Waals surface area contributed by atoms with Crippen LogP contribution in [0.3, 0.4) is 0 Å². The second-order valence-corrected chi connectivity index (χ2v) is 4.35. The molecule has 0 bridgehead atoms. The van der Waals surface area contributed by atoms with Crippen LogP contribution >= 0.6 is 0 Å². The number of halogens is 2. The first-order valence-corrected chi connectivity index (χ1v) is 6.55. The third-order valence-electron chi connectivity index (χ3n) is 2.88. The summed E-state index contributed by atoms with van der Waals surface area (Å²) in [6.07, 6.45) is 0. The Morgan fingerprint density at radius 2 is 1.95 bits per heavy atom. The van der Waals surface area contributed by atoms with Crippen LogP contribution in [0.1, 0.15) is 22.8 Å². The van der Waals surface area contributed by atoms with Gasteiger partial charge in [-0.05, 0) is 31.2 Å². The van der Waals surface area contributed by atoms with Crippen LogP contribution < -0.4 is 10.1 Å². The van der Waals surface area contributed by atoms with Crippen molar-refractivity contribution in [2.45, 2.75) is 13.5 Å². The van der Waals surface area contributed by atoms with Crippen LogP contribution in [-0.2, 0) is 6.54 Å². The maximum atomic E-state index is 13.5. The van der Waals surface area contributed by atoms with Crippen molar-refractivity contribution < 1.29 is 18.3 Å². The molecule has 0 radical (unpaired) electrons. The minimum Gasteiger partial charge on any atom is -0.494 e. The van der Waals surface area contributed by atoms with Crippen LogP contribution in [0.15, 0.2) is 42.5 Å². The van der Waals surface area contributed by atoms with E-state index in [9.17, 15) is 13.6 Å². The van der Waals surface area contributed by atoms with Gasteiger partial charge < -0.3 is 10.1 Å². The van der Waals surface area contributed by atoms with E-state index in [2.05, 4.69) is 5.32 Å². The van der Waals surface area contributed by atoms with Gasteiger partial charge in [0.05, 0.1) is 12.2 Å². The highest BCUT2D eigenvalue weighted by Crippen LogP contribution is 2.18. The molecule has 21 heavy (non-hydrogen) atoms. The number of rotatable bonds is 5. The van der Waals surface area contributed by atoms with Crippen molar-refractivity contribution in [1.29, 1.82) is 0 Å². The van der Waals surface area contributed by atoms with Crippen LogP contribution in [0.5, 0.6) is 5.75 Å². The Bertz CT molecular complexity index is 644. The standard InChI is InChI=1S/C16H15F2NO2/c1-2-21-15-6-4-3-5-11(15)10-19-16(20)13-9-12(17)7-8-14(13)18/h3-9H,2,10H2,1H3,(H,19,20). The fourth-order valence-corrected chi connectivity index (χ4v) is 1.89. The van der Waals surface area contributed by atoms with Gasteiger partial charge in [0.15, 0.2) is 0 Å². The van der Waals surface area contributed by atoms with Crippen LogP contribution in [0, 0.1) is 11.6 Å². The summed E-state index contributed by atoms with van der Waals surface area (Å²) in [7, 11) is 0. The molecule has 0 fully saturated rings. The minimum absolute atomic E-state index is 0.172. The second-order valence-electron chi connectivity index (χ2n) is 4.35. The Morgan fingerprint density at radius 1 is 1.19 bits per heavy atom. The van der Waals surface area contributed by atoms with E-state index in [0.717, 1.165) is 23.8 Å². The van der Waals surface area contributed by atoms with Crippen LogP contribution in [0.25, 0.3) is 0 Å². The summed E-state index contributed by atoms with van der Waals surface area (Å²) in [5, 5.41) is 2.56. The molecular weight excluding hydrogens is 276 g/mol. The number of carbonyl (C=O) groups excluding carboxylic acids is 1. The fourth-order valence-electron chi connectivity index (χ4n) is 1.89. The molecular formula is C16H15F2NO2. The van der Waals surface area contributed by atoms with Crippen molar-refractivity contribution in [3.8, 4) is 5.75 Å². The summed E-state index contributed by atoms with van der Waals surface area (Å²) in [5.41, 5.74) is 0.452. The summed E-state index contributed by atoms with van der Waals surface area (Å²) in [4.78, 5) is 11.9. The van der Waals surface area contributed by atoms with Crippen molar-refractivity contribution in [1.82, 2.24) is 5.32 Å². The number of hydrogen-bond acceptors (Lipinski definition) is 2. The normalized spacial score (nSPS) is 10.2. The van der Waals surface area contributed by atoms with E-state index in [1.807, 2.05) is 19.1 Å². The van der Waals surface area contributed by atoms with E-state index in [1.54, 1.807) is 12.1 Å². The number of ether oxygens (including phenoxy) is 1. The van der Waals surface area contributed by atoms with E-state index >= 15 is 0 Å². The first-order valence-electron chi connectivity index (χ1n) is 6.55. The average molecular weight is 291 g/mol. The van der Waals surface area contributed by atoms with Crippen LogP contribution in [0.4, 0.5) is 8.78 Å². The highest BCUT2D eigenvalue weighted by atomic mass is 19.1. The fraction of sp³-hybridized carbons (Fsp3) is 0.188. The molecule has 0 aromatic heterocycles. The lowest BCUT2D eigenvalue weighted by Crippen LogP contribution is -2.24. The number of para-hydroxylation sites is 1. The molecule has 2 rings (SSSR count). The molecule has 0 atom stereocenters. The zero-order valence-electron chi connectivity index (χ0n) is 11.5. The lowest BCUT2D eigenvalue weighted by Gasteiger charge is -2.11. The van der Waals surface area contributed by atoms with Gasteiger partial charge in [0.25, 0.3) is 5.91 Å². The lowest BCUT2D eigenvalue weighted by molar-refractivity contribution is 0.0946. The Kier molecular flexibility index (Phi) is 4.87. The Hall–Kier alpha value is -2.43. The summed E-state index contributed by atoms with van der Waals surface area (Å²) in [5.74, 6) is -1.43. The number of hydrogen-bond donors (Lipinski definition) is 1. The van der Waals surface area contributed by atoms with Gasteiger partial charge in [-0.15, -0.1) is 0 Å². The van der Waals surface area contributed by atoms with Gasteiger partial charge in [-0.25, -0.2) is 8.78 Å². The highest BCUT2D eigenvalue weighted by Gasteiger charge is 2.13. The molecule has 2 aromatic carbocycles. The van der Waals surface area contributed by atoms with E-state index in [0.29, 0.717) is 12.4 Å². The molecule has 2 aromatic rings. The second kappa shape index (κ2) is 6.83. The summed E-state index contributed by atoms with van der Waals surface area (Å²) < 4.78 is 32.0. The predicted octanol–water partition coefficient (Wildman–Crippen LogP) is 3.29. The Balaban J connectivity index is 2.09. The third kappa shape index (κ3) is 3.78.